The molecule has 0 radical (unpaired) electrons. The molecule has 0 fully saturated rings. The van der Waals surface area contributed by atoms with Crippen LogP contribution in [-0.4, -0.2) is 34.9 Å². The molecule has 5 heteroatoms. The molecule has 1 amide bonds. The average Bonchev–Trinajstić information content (AvgIpc) is 2.38. The van der Waals surface area contributed by atoms with Crippen molar-refractivity contribution < 1.29 is 10.0 Å². The number of amidine groups is 1. The molecule has 0 saturated carbocycles. The van der Waals surface area contributed by atoms with Crippen LogP contribution < -0.4 is 5.73 Å². The zero-order chi connectivity index (χ0) is 14.3. The van der Waals surface area contributed by atoms with E-state index in [9.17, 15) is 4.79 Å². The van der Waals surface area contributed by atoms with Crippen LogP contribution in [-0.2, 0) is 4.79 Å². The van der Waals surface area contributed by atoms with E-state index in [1.165, 1.54) is 0 Å². The fraction of sp³-hybridized carbons (Fsp3) is 0.846. The third-order valence-electron chi connectivity index (χ3n) is 3.58. The van der Waals surface area contributed by atoms with Gasteiger partial charge in [0.25, 0.3) is 0 Å². The number of oxime groups is 1. The summed E-state index contributed by atoms with van der Waals surface area (Å²) in [5, 5.41) is 11.7. The van der Waals surface area contributed by atoms with E-state index in [0.29, 0.717) is 12.5 Å². The molecule has 0 aromatic heterocycles. The van der Waals surface area contributed by atoms with Crippen LogP contribution in [0.1, 0.15) is 47.5 Å². The van der Waals surface area contributed by atoms with E-state index in [0.717, 1.165) is 19.4 Å². The van der Waals surface area contributed by atoms with Crippen LogP contribution in [0, 0.1) is 11.3 Å². The van der Waals surface area contributed by atoms with Crippen LogP contribution in [0.15, 0.2) is 5.16 Å². The molecular weight excluding hydrogens is 230 g/mol. The van der Waals surface area contributed by atoms with Crippen molar-refractivity contribution in [3.05, 3.63) is 0 Å². The van der Waals surface area contributed by atoms with E-state index >= 15 is 0 Å². The van der Waals surface area contributed by atoms with Gasteiger partial charge in [-0.25, -0.2) is 0 Å². The van der Waals surface area contributed by atoms with Crippen molar-refractivity contribution in [2.24, 2.45) is 22.2 Å². The first-order valence-electron chi connectivity index (χ1n) is 6.62. The van der Waals surface area contributed by atoms with Gasteiger partial charge in [-0.05, 0) is 26.7 Å². The van der Waals surface area contributed by atoms with Crippen molar-refractivity contribution in [2.75, 3.05) is 13.1 Å². The van der Waals surface area contributed by atoms with Gasteiger partial charge in [0.05, 0.1) is 0 Å². The highest BCUT2D eigenvalue weighted by molar-refractivity contribution is 6.05. The first-order chi connectivity index (χ1) is 8.34. The number of hydrogen-bond acceptors (Lipinski definition) is 3. The van der Waals surface area contributed by atoms with Crippen molar-refractivity contribution >= 4 is 11.7 Å². The molecule has 0 aliphatic carbocycles. The van der Waals surface area contributed by atoms with Gasteiger partial charge in [0.15, 0.2) is 5.84 Å². The summed E-state index contributed by atoms with van der Waals surface area (Å²) in [6.07, 6.45) is 2.09. The molecule has 18 heavy (non-hydrogen) atoms. The Bertz CT molecular complexity index is 297. The van der Waals surface area contributed by atoms with E-state index in [4.69, 9.17) is 10.9 Å². The summed E-state index contributed by atoms with van der Waals surface area (Å²) in [4.78, 5) is 14.2. The number of rotatable bonds is 7. The third kappa shape index (κ3) is 3.89. The molecule has 0 bridgehead atoms. The molecule has 5 nitrogen and oxygen atoms in total. The number of nitrogens with zero attached hydrogens (tertiary/aromatic N) is 2. The normalized spacial score (nSPS) is 12.9. The monoisotopic (exact) mass is 257 g/mol. The van der Waals surface area contributed by atoms with Gasteiger partial charge in [0.2, 0.25) is 5.91 Å². The van der Waals surface area contributed by atoms with Crippen LogP contribution in [0.25, 0.3) is 0 Å². The lowest BCUT2D eigenvalue weighted by atomic mass is 9.89. The molecule has 3 N–H and O–H groups in total. The second-order valence-electron chi connectivity index (χ2n) is 5.14. The number of carbonyl (C=O) groups excluding carboxylic acids is 1. The van der Waals surface area contributed by atoms with E-state index in [-0.39, 0.29) is 11.7 Å². The van der Waals surface area contributed by atoms with Gasteiger partial charge in [-0.15, -0.1) is 0 Å². The predicted octanol–water partition coefficient (Wildman–Crippen LogP) is 2.04. The summed E-state index contributed by atoms with van der Waals surface area (Å²) in [5.41, 5.74) is 4.63. The second kappa shape index (κ2) is 7.24. The van der Waals surface area contributed by atoms with Crippen molar-refractivity contribution in [3.8, 4) is 0 Å². The third-order valence-corrected chi connectivity index (χ3v) is 3.58. The van der Waals surface area contributed by atoms with Gasteiger partial charge in [-0.2, -0.15) is 0 Å². The molecule has 0 rings (SSSR count). The highest BCUT2D eigenvalue weighted by atomic mass is 16.4. The van der Waals surface area contributed by atoms with Crippen LogP contribution in [0.4, 0.5) is 0 Å². The van der Waals surface area contributed by atoms with Crippen molar-refractivity contribution in [1.82, 2.24) is 4.90 Å². The van der Waals surface area contributed by atoms with Gasteiger partial charge in [0.1, 0.15) is 5.41 Å². The lowest BCUT2D eigenvalue weighted by Gasteiger charge is -2.32. The minimum atomic E-state index is -0.962. The summed E-state index contributed by atoms with van der Waals surface area (Å²) >= 11 is 0. The van der Waals surface area contributed by atoms with E-state index in [1.54, 1.807) is 18.7 Å². The molecule has 0 saturated heterocycles. The maximum Gasteiger partial charge on any atom is 0.235 e. The Hall–Kier alpha value is -1.26. The second-order valence-corrected chi connectivity index (χ2v) is 5.14. The minimum Gasteiger partial charge on any atom is -0.409 e. The summed E-state index contributed by atoms with van der Waals surface area (Å²) in [6.45, 7) is 10.9. The average molecular weight is 257 g/mol. The molecule has 0 aliphatic heterocycles. The molecule has 106 valence electrons. The lowest BCUT2D eigenvalue weighted by Crippen LogP contribution is -2.49. The zero-order valence-electron chi connectivity index (χ0n) is 12.2. The maximum absolute atomic E-state index is 12.4. The van der Waals surface area contributed by atoms with Crippen molar-refractivity contribution in [3.63, 3.8) is 0 Å². The smallest absolute Gasteiger partial charge is 0.235 e. The lowest BCUT2D eigenvalue weighted by molar-refractivity contribution is -0.137. The first-order valence-corrected chi connectivity index (χ1v) is 6.62. The Morgan fingerprint density at radius 1 is 1.33 bits per heavy atom. The quantitative estimate of drug-likeness (QED) is 0.317. The minimum absolute atomic E-state index is 0.0458. The van der Waals surface area contributed by atoms with Crippen molar-refractivity contribution in [2.45, 2.75) is 47.5 Å². The Balaban J connectivity index is 4.91. The summed E-state index contributed by atoms with van der Waals surface area (Å²) in [6, 6.07) is 0. The highest BCUT2D eigenvalue weighted by Gasteiger charge is 2.36. The maximum atomic E-state index is 12.4. The zero-order valence-corrected chi connectivity index (χ0v) is 12.2. The molecule has 0 unspecified atom stereocenters. The van der Waals surface area contributed by atoms with Gasteiger partial charge in [-0.1, -0.05) is 31.8 Å². The van der Waals surface area contributed by atoms with Crippen LogP contribution >= 0.6 is 0 Å². The van der Waals surface area contributed by atoms with Gasteiger partial charge >= 0.3 is 0 Å². The Kier molecular flexibility index (Phi) is 6.73. The van der Waals surface area contributed by atoms with Crippen molar-refractivity contribution in [1.29, 1.82) is 0 Å². The predicted molar refractivity (Wildman–Crippen MR) is 73.5 cm³/mol. The fourth-order valence-electron chi connectivity index (χ4n) is 1.84. The van der Waals surface area contributed by atoms with Gasteiger partial charge < -0.3 is 15.8 Å². The Labute approximate surface area is 110 Å². The summed E-state index contributed by atoms with van der Waals surface area (Å²) < 4.78 is 0. The molecular formula is C13H27N3O2. The van der Waals surface area contributed by atoms with Gasteiger partial charge in [-0.3, -0.25) is 4.79 Å². The Morgan fingerprint density at radius 2 is 1.83 bits per heavy atom. The number of nitrogens with two attached hydrogens (primary N) is 1. The number of amides is 1. The standard InChI is InChI=1S/C13H27N3O2/c1-6-10(7-2)9-16(8-3)12(17)13(4,5)11(14)15-18/h10,18H,6-9H2,1-5H3,(H2,14,15). The largest absolute Gasteiger partial charge is 0.409 e. The van der Waals surface area contributed by atoms with Crippen LogP contribution in [0.5, 0.6) is 0 Å². The van der Waals surface area contributed by atoms with Crippen LogP contribution in [0.3, 0.4) is 0 Å². The fourth-order valence-corrected chi connectivity index (χ4v) is 1.84. The summed E-state index contributed by atoms with van der Waals surface area (Å²) in [7, 11) is 0. The van der Waals surface area contributed by atoms with E-state index in [1.807, 2.05) is 6.92 Å². The molecule has 0 aromatic rings. The highest BCUT2D eigenvalue weighted by Crippen LogP contribution is 2.21. The number of hydrogen-bond donors (Lipinski definition) is 2. The first kappa shape index (κ1) is 16.7. The topological polar surface area (TPSA) is 78.9 Å². The molecule has 0 aliphatic rings. The summed E-state index contributed by atoms with van der Waals surface area (Å²) in [5.74, 6) is 0.361. The molecule has 0 spiro atoms. The van der Waals surface area contributed by atoms with Gasteiger partial charge in [0, 0.05) is 13.1 Å². The molecule has 0 atom stereocenters. The SMILES string of the molecule is CCC(CC)CN(CC)C(=O)C(C)(C)C(N)=NO. The van der Waals surface area contributed by atoms with E-state index < -0.39 is 5.41 Å². The Morgan fingerprint density at radius 3 is 2.17 bits per heavy atom. The molecule has 0 heterocycles. The van der Waals surface area contributed by atoms with Crippen LogP contribution in [0.2, 0.25) is 0 Å². The molecule has 0 aromatic carbocycles. The van der Waals surface area contributed by atoms with E-state index in [2.05, 4.69) is 19.0 Å². The number of carbonyl (C=O) groups is 1.